The number of halogens is 3. The maximum absolute atomic E-state index is 12.7. The minimum atomic E-state index is -4.55. The van der Waals surface area contributed by atoms with Crippen LogP contribution in [-0.4, -0.2) is 17.0 Å². The Morgan fingerprint density at radius 2 is 1.81 bits per heavy atom. The van der Waals surface area contributed by atoms with Crippen molar-refractivity contribution in [2.45, 2.75) is 6.18 Å². The summed E-state index contributed by atoms with van der Waals surface area (Å²) in [5.74, 6) is -2.06. The molecule has 2 N–H and O–H groups in total. The first-order chi connectivity index (χ1) is 12.2. The van der Waals surface area contributed by atoms with E-state index >= 15 is 0 Å². The van der Waals surface area contributed by atoms with E-state index in [1.165, 1.54) is 30.3 Å². The molecule has 26 heavy (non-hydrogen) atoms. The van der Waals surface area contributed by atoms with Crippen molar-refractivity contribution in [3.05, 3.63) is 70.8 Å². The van der Waals surface area contributed by atoms with Crippen molar-refractivity contribution in [1.29, 1.82) is 5.26 Å². The fourth-order valence-corrected chi connectivity index (χ4v) is 2.05. The van der Waals surface area contributed by atoms with E-state index in [0.717, 1.165) is 24.3 Å². The van der Waals surface area contributed by atoms with Crippen LogP contribution in [0.1, 0.15) is 21.5 Å². The van der Waals surface area contributed by atoms with Crippen LogP contribution in [0.3, 0.4) is 0 Å². The highest BCUT2D eigenvalue weighted by molar-refractivity contribution is 6.10. The maximum atomic E-state index is 12.7. The Kier molecular flexibility index (Phi) is 5.42. The SMILES string of the molecule is N#C/C(=C/c1cccc(C(F)(F)F)c1)C(=O)Nc1cccc(C(=O)O)c1. The number of alkyl halides is 3. The summed E-state index contributed by atoms with van der Waals surface area (Å²) in [6.07, 6.45) is -3.53. The van der Waals surface area contributed by atoms with Gasteiger partial charge in [-0.05, 0) is 42.0 Å². The minimum absolute atomic E-state index is 0.0332. The highest BCUT2D eigenvalue weighted by Gasteiger charge is 2.30. The fourth-order valence-electron chi connectivity index (χ4n) is 2.05. The lowest BCUT2D eigenvalue weighted by Gasteiger charge is -2.08. The largest absolute Gasteiger partial charge is 0.478 e. The van der Waals surface area contributed by atoms with E-state index in [9.17, 15) is 22.8 Å². The standard InChI is InChI=1S/C18H11F3N2O3/c19-18(20,21)14-5-1-3-11(8-14)7-13(10-22)16(24)23-15-6-2-4-12(9-15)17(25)26/h1-9H,(H,23,24)(H,25,26)/b13-7-. The Balaban J connectivity index is 2.27. The van der Waals surface area contributed by atoms with Crippen LogP contribution in [0.15, 0.2) is 54.1 Å². The van der Waals surface area contributed by atoms with Crippen molar-refractivity contribution in [2.24, 2.45) is 0 Å². The zero-order valence-electron chi connectivity index (χ0n) is 13.0. The molecule has 0 aliphatic rings. The van der Waals surface area contributed by atoms with Gasteiger partial charge in [-0.2, -0.15) is 18.4 Å². The summed E-state index contributed by atoms with van der Waals surface area (Å²) in [7, 11) is 0. The van der Waals surface area contributed by atoms with Crippen molar-refractivity contribution in [3.63, 3.8) is 0 Å². The van der Waals surface area contributed by atoms with Gasteiger partial charge in [-0.1, -0.05) is 18.2 Å². The maximum Gasteiger partial charge on any atom is 0.416 e. The van der Waals surface area contributed by atoms with E-state index in [1.807, 2.05) is 0 Å². The number of nitriles is 1. The Bertz CT molecular complexity index is 928. The minimum Gasteiger partial charge on any atom is -0.478 e. The molecule has 0 atom stereocenters. The molecule has 8 heteroatoms. The van der Waals surface area contributed by atoms with Gasteiger partial charge >= 0.3 is 12.1 Å². The number of hydrogen-bond donors (Lipinski definition) is 2. The van der Waals surface area contributed by atoms with Crippen LogP contribution in [0.25, 0.3) is 6.08 Å². The molecule has 5 nitrogen and oxygen atoms in total. The molecule has 0 heterocycles. The van der Waals surface area contributed by atoms with E-state index in [1.54, 1.807) is 6.07 Å². The lowest BCUT2D eigenvalue weighted by Crippen LogP contribution is -2.14. The fraction of sp³-hybridized carbons (Fsp3) is 0.0556. The number of carbonyl (C=O) groups is 2. The van der Waals surface area contributed by atoms with Gasteiger partial charge in [0.2, 0.25) is 0 Å². The molecule has 0 aromatic heterocycles. The molecule has 0 spiro atoms. The van der Waals surface area contributed by atoms with Crippen molar-refractivity contribution in [1.82, 2.24) is 0 Å². The van der Waals surface area contributed by atoms with Crippen molar-refractivity contribution in [2.75, 3.05) is 5.32 Å². The van der Waals surface area contributed by atoms with Crippen LogP contribution in [-0.2, 0) is 11.0 Å². The smallest absolute Gasteiger partial charge is 0.416 e. The second-order valence-electron chi connectivity index (χ2n) is 5.13. The molecule has 0 aliphatic carbocycles. The van der Waals surface area contributed by atoms with E-state index in [4.69, 9.17) is 10.4 Å². The molecule has 0 radical (unpaired) electrons. The summed E-state index contributed by atoms with van der Waals surface area (Å²) in [5, 5.41) is 20.4. The first kappa shape index (κ1) is 18.7. The van der Waals surface area contributed by atoms with E-state index in [0.29, 0.717) is 0 Å². The molecule has 2 rings (SSSR count). The molecule has 0 saturated heterocycles. The zero-order chi connectivity index (χ0) is 19.3. The number of anilines is 1. The highest BCUT2D eigenvalue weighted by Crippen LogP contribution is 2.30. The molecule has 0 aliphatic heterocycles. The van der Waals surface area contributed by atoms with Crippen LogP contribution in [0.5, 0.6) is 0 Å². The molecule has 132 valence electrons. The number of amides is 1. The number of nitrogens with one attached hydrogen (secondary N) is 1. The second-order valence-corrected chi connectivity index (χ2v) is 5.13. The number of carboxylic acid groups (broad SMARTS) is 1. The predicted octanol–water partition coefficient (Wildman–Crippen LogP) is 3.95. The normalized spacial score (nSPS) is 11.5. The van der Waals surface area contributed by atoms with E-state index in [-0.39, 0.29) is 16.8 Å². The topological polar surface area (TPSA) is 90.2 Å². The average Bonchev–Trinajstić information content (AvgIpc) is 2.59. The summed E-state index contributed by atoms with van der Waals surface area (Å²) in [5.41, 5.74) is -1.22. The van der Waals surface area contributed by atoms with Crippen LogP contribution in [0, 0.1) is 11.3 Å². The second kappa shape index (κ2) is 7.53. The predicted molar refractivity (Wildman–Crippen MR) is 87.1 cm³/mol. The zero-order valence-corrected chi connectivity index (χ0v) is 13.0. The Morgan fingerprint density at radius 1 is 1.12 bits per heavy atom. The number of carboxylic acids is 1. The van der Waals surface area contributed by atoms with Gasteiger partial charge in [0.25, 0.3) is 5.91 Å². The molecule has 0 fully saturated rings. The molecule has 2 aromatic rings. The lowest BCUT2D eigenvalue weighted by atomic mass is 10.1. The molecule has 0 bridgehead atoms. The Hall–Kier alpha value is -3.60. The molecule has 0 saturated carbocycles. The van der Waals surface area contributed by atoms with Gasteiger partial charge in [0.1, 0.15) is 11.6 Å². The van der Waals surface area contributed by atoms with Crippen LogP contribution < -0.4 is 5.32 Å². The number of rotatable bonds is 4. The molecule has 2 aromatic carbocycles. The summed E-state index contributed by atoms with van der Waals surface area (Å²) in [6, 6.07) is 11.1. The van der Waals surface area contributed by atoms with E-state index in [2.05, 4.69) is 5.32 Å². The van der Waals surface area contributed by atoms with Gasteiger partial charge in [-0.3, -0.25) is 4.79 Å². The third kappa shape index (κ3) is 4.70. The van der Waals surface area contributed by atoms with Gasteiger partial charge in [-0.15, -0.1) is 0 Å². The van der Waals surface area contributed by atoms with Crippen molar-refractivity contribution < 1.29 is 27.9 Å². The van der Waals surface area contributed by atoms with Gasteiger partial charge in [0.15, 0.2) is 0 Å². The summed E-state index contributed by atoms with van der Waals surface area (Å²) >= 11 is 0. The summed E-state index contributed by atoms with van der Waals surface area (Å²) in [6.45, 7) is 0. The summed E-state index contributed by atoms with van der Waals surface area (Å²) in [4.78, 5) is 23.1. The van der Waals surface area contributed by atoms with Crippen LogP contribution in [0.2, 0.25) is 0 Å². The van der Waals surface area contributed by atoms with Gasteiger partial charge in [0.05, 0.1) is 11.1 Å². The quantitative estimate of drug-likeness (QED) is 0.638. The van der Waals surface area contributed by atoms with Gasteiger partial charge in [0, 0.05) is 5.69 Å². The Morgan fingerprint density at radius 3 is 2.42 bits per heavy atom. The number of benzene rings is 2. The summed E-state index contributed by atoms with van der Waals surface area (Å²) < 4.78 is 38.2. The van der Waals surface area contributed by atoms with Crippen molar-refractivity contribution in [3.8, 4) is 6.07 Å². The lowest BCUT2D eigenvalue weighted by molar-refractivity contribution is -0.137. The van der Waals surface area contributed by atoms with Gasteiger partial charge in [-0.25, -0.2) is 4.79 Å². The van der Waals surface area contributed by atoms with Crippen LogP contribution >= 0.6 is 0 Å². The van der Waals surface area contributed by atoms with Gasteiger partial charge < -0.3 is 10.4 Å². The number of carbonyl (C=O) groups excluding carboxylic acids is 1. The average molecular weight is 360 g/mol. The third-order valence-corrected chi connectivity index (χ3v) is 3.26. The molecule has 0 unspecified atom stereocenters. The number of hydrogen-bond acceptors (Lipinski definition) is 3. The molecular weight excluding hydrogens is 349 g/mol. The molecule has 1 amide bonds. The molecular formula is C18H11F3N2O3. The number of nitrogens with zero attached hydrogens (tertiary/aromatic N) is 1. The Labute approximate surface area is 146 Å². The third-order valence-electron chi connectivity index (χ3n) is 3.26. The first-order valence-electron chi connectivity index (χ1n) is 7.14. The van der Waals surface area contributed by atoms with E-state index < -0.39 is 29.2 Å². The van der Waals surface area contributed by atoms with Crippen LogP contribution in [0.4, 0.5) is 18.9 Å². The monoisotopic (exact) mass is 360 g/mol. The van der Waals surface area contributed by atoms with Crippen molar-refractivity contribution >= 4 is 23.6 Å². The number of aromatic carboxylic acids is 1. The highest BCUT2D eigenvalue weighted by atomic mass is 19.4. The first-order valence-corrected chi connectivity index (χ1v) is 7.14.